The fourth-order valence-electron chi connectivity index (χ4n) is 3.36. The maximum Gasteiger partial charge on any atom is 0.0453 e. The molecular formula is C17H26ClN. The molecule has 2 unspecified atom stereocenters. The highest BCUT2D eigenvalue weighted by molar-refractivity contribution is 6.31. The van der Waals surface area contributed by atoms with Gasteiger partial charge in [0.15, 0.2) is 0 Å². The molecule has 0 radical (unpaired) electrons. The molecule has 0 heterocycles. The molecule has 1 nitrogen and oxygen atoms in total. The molecule has 1 aromatic carbocycles. The van der Waals surface area contributed by atoms with Gasteiger partial charge in [0.25, 0.3) is 0 Å². The van der Waals surface area contributed by atoms with Crippen LogP contribution in [0.5, 0.6) is 0 Å². The summed E-state index contributed by atoms with van der Waals surface area (Å²) in [4.78, 5) is 0. The van der Waals surface area contributed by atoms with E-state index in [9.17, 15) is 0 Å². The largest absolute Gasteiger partial charge is 0.307 e. The summed E-state index contributed by atoms with van der Waals surface area (Å²) in [7, 11) is 0. The van der Waals surface area contributed by atoms with Crippen molar-refractivity contribution in [3.63, 3.8) is 0 Å². The van der Waals surface area contributed by atoms with Gasteiger partial charge in [-0.15, -0.1) is 0 Å². The van der Waals surface area contributed by atoms with Gasteiger partial charge in [-0.1, -0.05) is 56.0 Å². The van der Waals surface area contributed by atoms with E-state index in [1.54, 1.807) is 0 Å². The summed E-state index contributed by atoms with van der Waals surface area (Å²) in [5.41, 5.74) is 1.22. The van der Waals surface area contributed by atoms with Gasteiger partial charge in [-0.05, 0) is 43.7 Å². The third-order valence-electron chi connectivity index (χ3n) is 4.49. The van der Waals surface area contributed by atoms with Gasteiger partial charge in [0.2, 0.25) is 0 Å². The van der Waals surface area contributed by atoms with Gasteiger partial charge in [-0.3, -0.25) is 0 Å². The fraction of sp³-hybridized carbons (Fsp3) is 0.647. The summed E-state index contributed by atoms with van der Waals surface area (Å²) >= 11 is 6.29. The minimum absolute atomic E-state index is 0.334. The van der Waals surface area contributed by atoms with Crippen LogP contribution in [0.25, 0.3) is 0 Å². The molecule has 2 atom stereocenters. The molecule has 1 aliphatic rings. The Bertz CT molecular complexity index is 385. The van der Waals surface area contributed by atoms with Crippen LogP contribution in [0.15, 0.2) is 24.3 Å². The van der Waals surface area contributed by atoms with Crippen molar-refractivity contribution in [1.82, 2.24) is 5.32 Å². The van der Waals surface area contributed by atoms with Crippen molar-refractivity contribution in [1.29, 1.82) is 0 Å². The zero-order valence-electron chi connectivity index (χ0n) is 12.2. The predicted molar refractivity (Wildman–Crippen MR) is 83.7 cm³/mol. The lowest BCUT2D eigenvalue weighted by Crippen LogP contribution is -2.38. The molecule has 1 fully saturated rings. The first-order chi connectivity index (χ1) is 9.22. The summed E-state index contributed by atoms with van der Waals surface area (Å²) in [6, 6.07) is 9.15. The lowest BCUT2D eigenvalue weighted by atomic mass is 9.82. The average molecular weight is 280 g/mol. The smallest absolute Gasteiger partial charge is 0.0453 e. The van der Waals surface area contributed by atoms with Crippen LogP contribution in [-0.2, 0) is 0 Å². The van der Waals surface area contributed by atoms with Crippen LogP contribution in [-0.4, -0.2) is 6.04 Å². The van der Waals surface area contributed by atoms with Crippen molar-refractivity contribution in [3.05, 3.63) is 34.9 Å². The van der Waals surface area contributed by atoms with E-state index < -0.39 is 0 Å². The minimum atomic E-state index is 0.334. The van der Waals surface area contributed by atoms with Gasteiger partial charge in [-0.2, -0.15) is 0 Å². The minimum Gasteiger partial charge on any atom is -0.307 e. The lowest BCUT2D eigenvalue weighted by Gasteiger charge is -2.33. The van der Waals surface area contributed by atoms with E-state index in [-0.39, 0.29) is 0 Å². The number of rotatable bonds is 5. The highest BCUT2D eigenvalue weighted by Crippen LogP contribution is 2.30. The SMILES string of the molecule is CCC(NC(C)c1ccccc1Cl)C1CCCCC1. The molecule has 0 spiro atoms. The van der Waals surface area contributed by atoms with Crippen LogP contribution in [0.1, 0.15) is 64.0 Å². The predicted octanol–water partition coefficient (Wildman–Crippen LogP) is 5.35. The Morgan fingerprint density at radius 1 is 1.21 bits per heavy atom. The van der Waals surface area contributed by atoms with Crippen molar-refractivity contribution >= 4 is 11.6 Å². The maximum atomic E-state index is 6.29. The van der Waals surface area contributed by atoms with Crippen LogP contribution in [0.3, 0.4) is 0 Å². The monoisotopic (exact) mass is 279 g/mol. The molecule has 1 N–H and O–H groups in total. The van der Waals surface area contributed by atoms with Crippen LogP contribution < -0.4 is 5.32 Å². The second kappa shape index (κ2) is 7.31. The van der Waals surface area contributed by atoms with E-state index >= 15 is 0 Å². The van der Waals surface area contributed by atoms with Crippen LogP contribution in [0, 0.1) is 5.92 Å². The Kier molecular flexibility index (Phi) is 5.72. The van der Waals surface area contributed by atoms with Gasteiger partial charge in [0.05, 0.1) is 0 Å². The number of benzene rings is 1. The van der Waals surface area contributed by atoms with Crippen molar-refractivity contribution in [2.75, 3.05) is 0 Å². The molecule has 0 saturated heterocycles. The van der Waals surface area contributed by atoms with E-state index in [1.807, 2.05) is 12.1 Å². The number of nitrogens with one attached hydrogen (secondary N) is 1. The van der Waals surface area contributed by atoms with E-state index in [2.05, 4.69) is 31.3 Å². The Hall–Kier alpha value is -0.530. The Morgan fingerprint density at radius 2 is 1.89 bits per heavy atom. The molecule has 0 amide bonds. The van der Waals surface area contributed by atoms with Crippen molar-refractivity contribution in [3.8, 4) is 0 Å². The van der Waals surface area contributed by atoms with Gasteiger partial charge in [-0.25, -0.2) is 0 Å². The second-order valence-electron chi connectivity index (χ2n) is 5.82. The topological polar surface area (TPSA) is 12.0 Å². The molecule has 1 aromatic rings. The Balaban J connectivity index is 1.99. The molecule has 1 saturated carbocycles. The molecule has 0 bridgehead atoms. The molecule has 106 valence electrons. The van der Waals surface area contributed by atoms with Crippen molar-refractivity contribution < 1.29 is 0 Å². The van der Waals surface area contributed by atoms with Gasteiger partial charge in [0, 0.05) is 17.1 Å². The molecule has 0 aromatic heterocycles. The fourth-order valence-corrected chi connectivity index (χ4v) is 3.66. The molecule has 0 aliphatic heterocycles. The number of hydrogen-bond donors (Lipinski definition) is 1. The molecule has 2 heteroatoms. The summed E-state index contributed by atoms with van der Waals surface area (Å²) in [6.07, 6.45) is 8.22. The van der Waals surface area contributed by atoms with Crippen molar-refractivity contribution in [2.45, 2.75) is 64.5 Å². The summed E-state index contributed by atoms with van der Waals surface area (Å²) in [5, 5.41) is 4.68. The number of halogens is 1. The highest BCUT2D eigenvalue weighted by Gasteiger charge is 2.24. The van der Waals surface area contributed by atoms with Crippen LogP contribution in [0.4, 0.5) is 0 Å². The lowest BCUT2D eigenvalue weighted by molar-refractivity contribution is 0.249. The molecular weight excluding hydrogens is 254 g/mol. The normalized spacial score (nSPS) is 20.2. The van der Waals surface area contributed by atoms with Crippen LogP contribution >= 0.6 is 11.6 Å². The Morgan fingerprint density at radius 3 is 2.53 bits per heavy atom. The maximum absolute atomic E-state index is 6.29. The van der Waals surface area contributed by atoms with E-state index in [0.717, 1.165) is 10.9 Å². The average Bonchev–Trinajstić information content (AvgIpc) is 2.46. The molecule has 1 aliphatic carbocycles. The Labute approximate surface area is 122 Å². The first-order valence-electron chi connectivity index (χ1n) is 7.72. The zero-order chi connectivity index (χ0) is 13.7. The first-order valence-corrected chi connectivity index (χ1v) is 8.10. The molecule has 19 heavy (non-hydrogen) atoms. The van der Waals surface area contributed by atoms with E-state index in [1.165, 1.54) is 44.1 Å². The summed E-state index contributed by atoms with van der Waals surface area (Å²) < 4.78 is 0. The second-order valence-corrected chi connectivity index (χ2v) is 6.23. The van der Waals surface area contributed by atoms with Gasteiger partial charge in [0.1, 0.15) is 0 Å². The third-order valence-corrected chi connectivity index (χ3v) is 4.84. The first kappa shape index (κ1) is 14.9. The van der Waals surface area contributed by atoms with E-state index in [0.29, 0.717) is 12.1 Å². The summed E-state index contributed by atoms with van der Waals surface area (Å²) in [6.45, 7) is 4.53. The third kappa shape index (κ3) is 3.97. The van der Waals surface area contributed by atoms with Crippen molar-refractivity contribution in [2.24, 2.45) is 5.92 Å². The van der Waals surface area contributed by atoms with Gasteiger partial charge >= 0.3 is 0 Å². The zero-order valence-corrected chi connectivity index (χ0v) is 12.9. The van der Waals surface area contributed by atoms with Crippen LogP contribution in [0.2, 0.25) is 5.02 Å². The van der Waals surface area contributed by atoms with E-state index in [4.69, 9.17) is 11.6 Å². The standard InChI is InChI=1S/C17H26ClN/c1-3-17(14-9-5-4-6-10-14)19-13(2)15-11-7-8-12-16(15)18/h7-8,11-14,17,19H,3-6,9-10H2,1-2H3. The van der Waals surface area contributed by atoms with Gasteiger partial charge < -0.3 is 5.32 Å². The number of hydrogen-bond acceptors (Lipinski definition) is 1. The molecule has 2 rings (SSSR count). The summed E-state index contributed by atoms with van der Waals surface area (Å²) in [5.74, 6) is 0.851. The highest BCUT2D eigenvalue weighted by atomic mass is 35.5. The quantitative estimate of drug-likeness (QED) is 0.766.